The van der Waals surface area contributed by atoms with Crippen LogP contribution >= 0.6 is 0 Å². The summed E-state index contributed by atoms with van der Waals surface area (Å²) in [5, 5.41) is 0. The Bertz CT molecular complexity index is 1210. The van der Waals surface area contributed by atoms with E-state index in [9.17, 15) is 4.79 Å². The Morgan fingerprint density at radius 1 is 0.812 bits per heavy atom. The van der Waals surface area contributed by atoms with Gasteiger partial charge in [0.2, 0.25) is 0 Å². The summed E-state index contributed by atoms with van der Waals surface area (Å²) in [4.78, 5) is 13.1. The molecule has 0 saturated heterocycles. The number of para-hydroxylation sites is 1. The molecule has 0 radical (unpaired) electrons. The van der Waals surface area contributed by atoms with Crippen molar-refractivity contribution in [1.29, 1.82) is 0 Å². The fourth-order valence-corrected chi connectivity index (χ4v) is 3.87. The molecule has 1 aromatic heterocycles. The van der Waals surface area contributed by atoms with E-state index in [1.807, 2.05) is 98.8 Å². The zero-order valence-electron chi connectivity index (χ0n) is 18.4. The third-order valence-corrected chi connectivity index (χ3v) is 5.40. The molecule has 0 aliphatic heterocycles. The van der Waals surface area contributed by atoms with Crippen molar-refractivity contribution in [3.63, 3.8) is 0 Å². The van der Waals surface area contributed by atoms with Crippen LogP contribution in [0.4, 0.5) is 0 Å². The van der Waals surface area contributed by atoms with Crippen molar-refractivity contribution in [3.8, 4) is 5.69 Å². The number of rotatable bonds is 7. The molecule has 0 spiro atoms. The predicted molar refractivity (Wildman–Crippen MR) is 130 cm³/mol. The number of hydrazine groups is 1. The van der Waals surface area contributed by atoms with Crippen molar-refractivity contribution in [1.82, 2.24) is 15.4 Å². The highest BCUT2D eigenvalue weighted by molar-refractivity contribution is 5.95. The summed E-state index contributed by atoms with van der Waals surface area (Å²) in [6.45, 7) is 3.99. The van der Waals surface area contributed by atoms with Gasteiger partial charge in [-0.05, 0) is 49.2 Å². The van der Waals surface area contributed by atoms with E-state index in [1.165, 1.54) is 5.56 Å². The molecule has 2 N–H and O–H groups in total. The maximum absolute atomic E-state index is 13.1. The van der Waals surface area contributed by atoms with Gasteiger partial charge in [0.1, 0.15) is 0 Å². The molecule has 4 rings (SSSR count). The minimum Gasteiger partial charge on any atom is -0.318 e. The fourth-order valence-electron chi connectivity index (χ4n) is 3.87. The van der Waals surface area contributed by atoms with Crippen LogP contribution in [0, 0.1) is 13.8 Å². The van der Waals surface area contributed by atoms with Crippen molar-refractivity contribution in [2.45, 2.75) is 20.3 Å². The second kappa shape index (κ2) is 9.84. The standard InChI is InChI=1S/C28H27N3O/c1-21-18-27(22(2)31(21)26-16-10-5-11-17-26)28(32)30-29-25(19-23-12-6-3-7-13-23)20-24-14-8-4-9-15-24/h3-19,29H,20H2,1-2H3,(H,30,32)/b25-19+. The average Bonchev–Trinajstić information content (AvgIpc) is 3.13. The summed E-state index contributed by atoms with van der Waals surface area (Å²) in [7, 11) is 0. The van der Waals surface area contributed by atoms with Gasteiger partial charge in [0.05, 0.1) is 5.56 Å². The summed E-state index contributed by atoms with van der Waals surface area (Å²) in [6.07, 6.45) is 2.74. The van der Waals surface area contributed by atoms with Gasteiger partial charge in [-0.2, -0.15) is 0 Å². The molecule has 0 unspecified atom stereocenters. The monoisotopic (exact) mass is 421 g/mol. The lowest BCUT2D eigenvalue weighted by Crippen LogP contribution is -2.37. The summed E-state index contributed by atoms with van der Waals surface area (Å²) in [5.74, 6) is -0.160. The molecule has 32 heavy (non-hydrogen) atoms. The normalized spacial score (nSPS) is 11.2. The molecule has 0 saturated carbocycles. The first kappa shape index (κ1) is 21.2. The Kier molecular flexibility index (Phi) is 6.52. The van der Waals surface area contributed by atoms with Gasteiger partial charge >= 0.3 is 0 Å². The van der Waals surface area contributed by atoms with Gasteiger partial charge in [-0.3, -0.25) is 10.2 Å². The van der Waals surface area contributed by atoms with Crippen LogP contribution in [-0.4, -0.2) is 10.5 Å². The molecule has 0 atom stereocenters. The number of amides is 1. The van der Waals surface area contributed by atoms with Crippen LogP contribution in [0.1, 0.15) is 32.9 Å². The van der Waals surface area contributed by atoms with Crippen molar-refractivity contribution >= 4 is 12.0 Å². The van der Waals surface area contributed by atoms with E-state index in [1.54, 1.807) is 0 Å². The van der Waals surface area contributed by atoms with E-state index in [4.69, 9.17) is 0 Å². The first-order chi connectivity index (χ1) is 15.6. The second-order valence-electron chi connectivity index (χ2n) is 7.78. The van der Waals surface area contributed by atoms with Gasteiger partial charge in [-0.15, -0.1) is 0 Å². The molecule has 1 heterocycles. The highest BCUT2D eigenvalue weighted by atomic mass is 16.2. The molecule has 1 amide bonds. The lowest BCUT2D eigenvalue weighted by atomic mass is 10.1. The molecule has 0 bridgehead atoms. The maximum Gasteiger partial charge on any atom is 0.271 e. The van der Waals surface area contributed by atoms with Gasteiger partial charge in [0.25, 0.3) is 5.91 Å². The van der Waals surface area contributed by atoms with Gasteiger partial charge in [0, 0.05) is 29.2 Å². The van der Waals surface area contributed by atoms with Crippen LogP contribution in [0.2, 0.25) is 0 Å². The summed E-state index contributed by atoms with van der Waals surface area (Å²) in [6, 6.07) is 32.3. The number of nitrogens with one attached hydrogen (secondary N) is 2. The molecule has 0 aliphatic rings. The van der Waals surface area contributed by atoms with E-state index in [2.05, 4.69) is 33.6 Å². The van der Waals surface area contributed by atoms with Crippen LogP contribution in [0.15, 0.2) is 103 Å². The molecule has 4 aromatic rings. The molecular formula is C28H27N3O. The highest BCUT2D eigenvalue weighted by Gasteiger charge is 2.16. The second-order valence-corrected chi connectivity index (χ2v) is 7.78. The molecular weight excluding hydrogens is 394 g/mol. The summed E-state index contributed by atoms with van der Waals surface area (Å²) < 4.78 is 2.10. The van der Waals surface area contributed by atoms with E-state index in [0.29, 0.717) is 12.0 Å². The largest absolute Gasteiger partial charge is 0.318 e. The van der Waals surface area contributed by atoms with E-state index >= 15 is 0 Å². The number of carbonyl (C=O) groups is 1. The quantitative estimate of drug-likeness (QED) is 0.381. The number of aryl methyl sites for hydroxylation is 1. The van der Waals surface area contributed by atoms with Crippen molar-refractivity contribution in [2.24, 2.45) is 0 Å². The van der Waals surface area contributed by atoms with Gasteiger partial charge in [-0.1, -0.05) is 78.9 Å². The van der Waals surface area contributed by atoms with E-state index in [-0.39, 0.29) is 5.91 Å². The third-order valence-electron chi connectivity index (χ3n) is 5.40. The average molecular weight is 422 g/mol. The first-order valence-corrected chi connectivity index (χ1v) is 10.7. The van der Waals surface area contributed by atoms with Gasteiger partial charge < -0.3 is 9.99 Å². The minimum atomic E-state index is -0.160. The Hall–Kier alpha value is -4.05. The molecule has 3 aromatic carbocycles. The molecule has 4 heteroatoms. The number of carbonyl (C=O) groups excluding carboxylic acids is 1. The van der Waals surface area contributed by atoms with Crippen LogP contribution in [0.5, 0.6) is 0 Å². The molecule has 0 aliphatic carbocycles. The Labute approximate surface area is 189 Å². The van der Waals surface area contributed by atoms with Crippen LogP contribution in [-0.2, 0) is 6.42 Å². The SMILES string of the molecule is Cc1cc(C(=O)NN/C(=C/c2ccccc2)Cc2ccccc2)c(C)n1-c1ccccc1. The topological polar surface area (TPSA) is 46.1 Å². The van der Waals surface area contributed by atoms with E-state index in [0.717, 1.165) is 28.3 Å². The fraction of sp³-hybridized carbons (Fsp3) is 0.107. The smallest absolute Gasteiger partial charge is 0.271 e. The lowest BCUT2D eigenvalue weighted by molar-refractivity contribution is 0.0938. The lowest BCUT2D eigenvalue weighted by Gasteiger charge is -2.14. The number of nitrogens with zero attached hydrogens (tertiary/aromatic N) is 1. The third kappa shape index (κ3) is 4.98. The number of hydrogen-bond donors (Lipinski definition) is 2. The maximum atomic E-state index is 13.1. The summed E-state index contributed by atoms with van der Waals surface area (Å²) >= 11 is 0. The van der Waals surface area contributed by atoms with Crippen LogP contribution in [0.3, 0.4) is 0 Å². The van der Waals surface area contributed by atoms with Crippen LogP contribution < -0.4 is 10.9 Å². The van der Waals surface area contributed by atoms with E-state index < -0.39 is 0 Å². The van der Waals surface area contributed by atoms with Gasteiger partial charge in [-0.25, -0.2) is 0 Å². The van der Waals surface area contributed by atoms with Crippen molar-refractivity contribution in [3.05, 3.63) is 131 Å². The molecule has 160 valence electrons. The Morgan fingerprint density at radius 3 is 2.06 bits per heavy atom. The van der Waals surface area contributed by atoms with Crippen LogP contribution in [0.25, 0.3) is 11.8 Å². The number of aromatic nitrogens is 1. The minimum absolute atomic E-state index is 0.160. The summed E-state index contributed by atoms with van der Waals surface area (Å²) in [5.41, 5.74) is 12.8. The Morgan fingerprint density at radius 2 is 1.41 bits per heavy atom. The molecule has 4 nitrogen and oxygen atoms in total. The zero-order chi connectivity index (χ0) is 22.3. The first-order valence-electron chi connectivity index (χ1n) is 10.7. The van der Waals surface area contributed by atoms with Crippen molar-refractivity contribution in [2.75, 3.05) is 0 Å². The van der Waals surface area contributed by atoms with Crippen molar-refractivity contribution < 1.29 is 4.79 Å². The number of hydrogen-bond acceptors (Lipinski definition) is 2. The zero-order valence-corrected chi connectivity index (χ0v) is 18.4. The van der Waals surface area contributed by atoms with Gasteiger partial charge in [0.15, 0.2) is 0 Å². The highest BCUT2D eigenvalue weighted by Crippen LogP contribution is 2.20. The Balaban J connectivity index is 1.54. The molecule has 0 fully saturated rings. The predicted octanol–water partition coefficient (Wildman–Crippen LogP) is 5.61. The number of allylic oxidation sites excluding steroid dienone is 1. The number of benzene rings is 3.